The minimum Gasteiger partial charge on any atom is -0.454 e. The van der Waals surface area contributed by atoms with Gasteiger partial charge in [0.05, 0.1) is 6.04 Å². The zero-order chi connectivity index (χ0) is 19.8. The molecular weight excluding hydrogens is 364 g/mol. The number of rotatable bonds is 4. The number of hydrogen-bond donors (Lipinski definition) is 0. The molecule has 1 amide bonds. The summed E-state index contributed by atoms with van der Waals surface area (Å²) in [5, 5.41) is 0. The second-order valence-corrected chi connectivity index (χ2v) is 8.50. The van der Waals surface area contributed by atoms with Crippen molar-refractivity contribution in [2.75, 3.05) is 26.4 Å². The second kappa shape index (κ2) is 7.71. The third-order valence-corrected chi connectivity index (χ3v) is 6.48. The van der Waals surface area contributed by atoms with E-state index in [9.17, 15) is 4.79 Å². The van der Waals surface area contributed by atoms with Gasteiger partial charge in [-0.1, -0.05) is 35.9 Å². The minimum absolute atomic E-state index is 0.0195. The quantitative estimate of drug-likeness (QED) is 0.796. The van der Waals surface area contributed by atoms with Crippen LogP contribution in [0.5, 0.6) is 11.5 Å². The van der Waals surface area contributed by atoms with E-state index in [-0.39, 0.29) is 6.04 Å². The van der Waals surface area contributed by atoms with Crippen LogP contribution in [0.3, 0.4) is 0 Å². The van der Waals surface area contributed by atoms with Gasteiger partial charge in [0.1, 0.15) is 0 Å². The Morgan fingerprint density at radius 1 is 1.07 bits per heavy atom. The van der Waals surface area contributed by atoms with Crippen molar-refractivity contribution in [3.8, 4) is 11.5 Å². The van der Waals surface area contributed by atoms with Gasteiger partial charge in [0, 0.05) is 25.6 Å². The number of likely N-dealkylation sites (tertiary alicyclic amines) is 2. The summed E-state index contributed by atoms with van der Waals surface area (Å²) in [5.41, 5.74) is 3.81. The highest BCUT2D eigenvalue weighted by Crippen LogP contribution is 2.37. The Hall–Kier alpha value is -2.53. The first-order chi connectivity index (χ1) is 14.2. The predicted molar refractivity (Wildman–Crippen MR) is 111 cm³/mol. The number of nitrogens with zero attached hydrogens (tertiary/aromatic N) is 2. The summed E-state index contributed by atoms with van der Waals surface area (Å²) in [7, 11) is 0. The van der Waals surface area contributed by atoms with Crippen molar-refractivity contribution in [1.82, 2.24) is 9.80 Å². The zero-order valence-corrected chi connectivity index (χ0v) is 17.0. The van der Waals surface area contributed by atoms with Gasteiger partial charge >= 0.3 is 0 Å². The van der Waals surface area contributed by atoms with E-state index in [2.05, 4.69) is 53.1 Å². The fourth-order valence-corrected chi connectivity index (χ4v) is 4.95. The number of aryl methyl sites for hydroxylation is 1. The molecule has 0 aromatic heterocycles. The molecule has 2 atom stereocenters. The molecular formula is C24H28N2O3. The maximum absolute atomic E-state index is 13.3. The van der Waals surface area contributed by atoms with Gasteiger partial charge in [-0.05, 0) is 56.0 Å². The standard InChI is InChI=1S/C24H28N2O3/c1-17-4-2-5-18(12-17)14-25-10-3-6-21(25)24(27)26-11-9-20(15-26)19-7-8-22-23(13-19)29-16-28-22/h2,4-5,7-8,12-13,20-21H,3,6,9-11,14-16H2,1H3. The minimum atomic E-state index is 0.0195. The maximum Gasteiger partial charge on any atom is 0.239 e. The molecule has 5 nitrogen and oxygen atoms in total. The summed E-state index contributed by atoms with van der Waals surface area (Å²) in [4.78, 5) is 17.8. The number of ether oxygens (including phenoxy) is 2. The van der Waals surface area contributed by atoms with Crippen LogP contribution in [0.4, 0.5) is 0 Å². The van der Waals surface area contributed by atoms with Gasteiger partial charge < -0.3 is 14.4 Å². The molecule has 3 aliphatic rings. The molecule has 29 heavy (non-hydrogen) atoms. The summed E-state index contributed by atoms with van der Waals surface area (Å²) >= 11 is 0. The Kier molecular flexibility index (Phi) is 4.92. The molecule has 3 heterocycles. The molecule has 0 spiro atoms. The van der Waals surface area contributed by atoms with Crippen molar-refractivity contribution in [1.29, 1.82) is 0 Å². The third-order valence-electron chi connectivity index (χ3n) is 6.48. The lowest BCUT2D eigenvalue weighted by Crippen LogP contribution is -2.44. The average molecular weight is 392 g/mol. The number of amides is 1. The molecule has 0 aliphatic carbocycles. The summed E-state index contributed by atoms with van der Waals surface area (Å²) in [6.45, 7) is 5.92. The third kappa shape index (κ3) is 3.71. The monoisotopic (exact) mass is 392 g/mol. The number of carbonyl (C=O) groups is 1. The van der Waals surface area contributed by atoms with Crippen LogP contribution >= 0.6 is 0 Å². The van der Waals surface area contributed by atoms with Crippen molar-refractivity contribution in [3.05, 3.63) is 59.2 Å². The van der Waals surface area contributed by atoms with E-state index in [1.54, 1.807) is 0 Å². The Morgan fingerprint density at radius 3 is 2.86 bits per heavy atom. The smallest absolute Gasteiger partial charge is 0.239 e. The molecule has 5 rings (SSSR count). The maximum atomic E-state index is 13.3. The SMILES string of the molecule is Cc1cccc(CN2CCCC2C(=O)N2CCC(c3ccc4c(c3)OCO4)C2)c1. The Morgan fingerprint density at radius 2 is 1.97 bits per heavy atom. The van der Waals surface area contributed by atoms with E-state index in [0.29, 0.717) is 18.6 Å². The number of carbonyl (C=O) groups excluding carboxylic acids is 1. The van der Waals surface area contributed by atoms with Crippen molar-refractivity contribution in [3.63, 3.8) is 0 Å². The normalized spacial score (nSPS) is 23.7. The second-order valence-electron chi connectivity index (χ2n) is 8.50. The van der Waals surface area contributed by atoms with Crippen LogP contribution in [0.15, 0.2) is 42.5 Å². The van der Waals surface area contributed by atoms with Crippen LogP contribution in [-0.2, 0) is 11.3 Å². The van der Waals surface area contributed by atoms with Gasteiger partial charge in [0.2, 0.25) is 12.7 Å². The van der Waals surface area contributed by atoms with Crippen LogP contribution in [-0.4, -0.2) is 48.2 Å². The molecule has 0 radical (unpaired) electrons. The van der Waals surface area contributed by atoms with E-state index in [0.717, 1.165) is 56.9 Å². The highest BCUT2D eigenvalue weighted by atomic mass is 16.7. The molecule has 2 aromatic carbocycles. The number of benzene rings is 2. The lowest BCUT2D eigenvalue weighted by molar-refractivity contribution is -0.135. The number of hydrogen-bond acceptors (Lipinski definition) is 4. The van der Waals surface area contributed by atoms with Crippen LogP contribution in [0.1, 0.15) is 41.9 Å². The zero-order valence-electron chi connectivity index (χ0n) is 17.0. The Balaban J connectivity index is 1.24. The van der Waals surface area contributed by atoms with Crippen molar-refractivity contribution in [2.45, 2.75) is 44.7 Å². The molecule has 0 N–H and O–H groups in total. The molecule has 0 saturated carbocycles. The highest BCUT2D eigenvalue weighted by Gasteiger charge is 2.37. The fraction of sp³-hybridized carbons (Fsp3) is 0.458. The highest BCUT2D eigenvalue weighted by molar-refractivity contribution is 5.82. The van der Waals surface area contributed by atoms with Gasteiger partial charge in [-0.25, -0.2) is 0 Å². The van der Waals surface area contributed by atoms with Gasteiger partial charge in [-0.15, -0.1) is 0 Å². The molecule has 2 unspecified atom stereocenters. The van der Waals surface area contributed by atoms with E-state index >= 15 is 0 Å². The molecule has 2 fully saturated rings. The van der Waals surface area contributed by atoms with E-state index in [4.69, 9.17) is 9.47 Å². The van der Waals surface area contributed by atoms with Crippen molar-refractivity contribution < 1.29 is 14.3 Å². The van der Waals surface area contributed by atoms with Crippen LogP contribution < -0.4 is 9.47 Å². The summed E-state index contributed by atoms with van der Waals surface area (Å²) in [6, 6.07) is 14.8. The van der Waals surface area contributed by atoms with Crippen LogP contribution in [0.2, 0.25) is 0 Å². The first-order valence-corrected chi connectivity index (χ1v) is 10.7. The Labute approximate surface area is 172 Å². The van der Waals surface area contributed by atoms with Crippen LogP contribution in [0, 0.1) is 6.92 Å². The summed E-state index contributed by atoms with van der Waals surface area (Å²) in [5.74, 6) is 2.32. The first-order valence-electron chi connectivity index (χ1n) is 10.7. The largest absolute Gasteiger partial charge is 0.454 e. The van der Waals surface area contributed by atoms with E-state index < -0.39 is 0 Å². The molecule has 152 valence electrons. The first kappa shape index (κ1) is 18.5. The van der Waals surface area contributed by atoms with Crippen molar-refractivity contribution >= 4 is 5.91 Å². The van der Waals surface area contributed by atoms with Crippen molar-refractivity contribution in [2.24, 2.45) is 0 Å². The fourth-order valence-electron chi connectivity index (χ4n) is 4.95. The lowest BCUT2D eigenvalue weighted by Gasteiger charge is -2.28. The predicted octanol–water partition coefficient (Wildman–Crippen LogP) is 3.70. The van der Waals surface area contributed by atoms with E-state index in [1.165, 1.54) is 16.7 Å². The van der Waals surface area contributed by atoms with E-state index in [1.807, 2.05) is 6.07 Å². The molecule has 3 aliphatic heterocycles. The van der Waals surface area contributed by atoms with Gasteiger partial charge in [-0.3, -0.25) is 9.69 Å². The molecule has 2 aromatic rings. The topological polar surface area (TPSA) is 42.0 Å². The molecule has 0 bridgehead atoms. The van der Waals surface area contributed by atoms with Gasteiger partial charge in [0.15, 0.2) is 11.5 Å². The average Bonchev–Trinajstić information content (AvgIpc) is 3.47. The molecule has 5 heteroatoms. The van der Waals surface area contributed by atoms with Gasteiger partial charge in [0.25, 0.3) is 0 Å². The van der Waals surface area contributed by atoms with Crippen LogP contribution in [0.25, 0.3) is 0 Å². The summed E-state index contributed by atoms with van der Waals surface area (Å²) < 4.78 is 10.9. The van der Waals surface area contributed by atoms with Gasteiger partial charge in [-0.2, -0.15) is 0 Å². The number of fused-ring (bicyclic) bond motifs is 1. The molecule has 2 saturated heterocycles. The Bertz CT molecular complexity index is 913. The summed E-state index contributed by atoms with van der Waals surface area (Å²) in [6.07, 6.45) is 3.08. The lowest BCUT2D eigenvalue weighted by atomic mass is 9.98.